The number of carbonyl (C=O) groups is 2. The van der Waals surface area contributed by atoms with E-state index in [1.165, 1.54) is 0 Å². The molecule has 1 aromatic carbocycles. The van der Waals surface area contributed by atoms with Crippen molar-refractivity contribution >= 4 is 35.0 Å². The molecule has 10 nitrogen and oxygen atoms in total. The van der Waals surface area contributed by atoms with Crippen LogP contribution >= 0.6 is 12.2 Å². The Hall–Kier alpha value is -2.91. The molecule has 1 aromatic rings. The second-order valence-electron chi connectivity index (χ2n) is 7.93. The number of nitrogens with one attached hydrogen (secondary N) is 2. The molecule has 1 aliphatic heterocycles. The van der Waals surface area contributed by atoms with Crippen molar-refractivity contribution in [2.75, 3.05) is 18.5 Å². The first kappa shape index (κ1) is 27.3. The van der Waals surface area contributed by atoms with E-state index in [1.807, 2.05) is 0 Å². The highest BCUT2D eigenvalue weighted by atomic mass is 32.1. The zero-order valence-corrected chi connectivity index (χ0v) is 19.4. The highest BCUT2D eigenvalue weighted by Crippen LogP contribution is 2.31. The van der Waals surface area contributed by atoms with Crippen LogP contribution in [0.1, 0.15) is 32.1 Å². The fourth-order valence-electron chi connectivity index (χ4n) is 3.50. The van der Waals surface area contributed by atoms with Gasteiger partial charge in [0, 0.05) is 25.1 Å². The molecule has 1 heterocycles. The van der Waals surface area contributed by atoms with Gasteiger partial charge in [-0.3, -0.25) is 9.59 Å². The molecule has 0 spiro atoms. The van der Waals surface area contributed by atoms with E-state index in [-0.39, 0.29) is 12.8 Å². The molecule has 0 aromatic heterocycles. The van der Waals surface area contributed by atoms with Crippen molar-refractivity contribution in [3.63, 3.8) is 0 Å². The number of aliphatic hydroxyl groups excluding tert-OH is 2. The smallest absolute Gasteiger partial charge is 0.317 e. The Labute approximate surface area is 203 Å². The lowest BCUT2D eigenvalue weighted by Crippen LogP contribution is -2.49. The van der Waals surface area contributed by atoms with Gasteiger partial charge in [-0.05, 0) is 55.7 Å². The zero-order chi connectivity index (χ0) is 25.1. The summed E-state index contributed by atoms with van der Waals surface area (Å²) in [5.41, 5.74) is 0.709. The summed E-state index contributed by atoms with van der Waals surface area (Å²) >= 11 is 5.25. The number of rotatable bonds is 12. The second kappa shape index (κ2) is 13.7. The predicted molar refractivity (Wildman–Crippen MR) is 127 cm³/mol. The van der Waals surface area contributed by atoms with Gasteiger partial charge in [-0.25, -0.2) is 0 Å². The van der Waals surface area contributed by atoms with Crippen LogP contribution in [0.15, 0.2) is 24.3 Å². The van der Waals surface area contributed by atoms with Gasteiger partial charge in [0.2, 0.25) is 6.29 Å². The SMILES string of the molecule is C#CCCCCNC(=S)Nc1ccc(OC2O[C@H](CC(C(=O)O)C(=O)O)C[C@H](O)[C@@H]2CO)cc1. The van der Waals surface area contributed by atoms with Crippen LogP contribution in [0.4, 0.5) is 5.69 Å². The lowest BCUT2D eigenvalue weighted by atomic mass is 9.89. The van der Waals surface area contributed by atoms with Crippen LogP contribution in [0.2, 0.25) is 0 Å². The summed E-state index contributed by atoms with van der Waals surface area (Å²) in [6.07, 6.45) is 4.39. The topological polar surface area (TPSA) is 158 Å². The standard InChI is InChI=1S/C23H30N2O8S/c1-2-3-4-5-10-24-23(34)25-14-6-8-15(9-7-14)32-22-18(13-26)19(27)12-16(33-22)11-17(20(28)29)21(30)31/h1,6-9,16-19,22,26-27H,3-5,10-13H2,(H,28,29)(H,30,31)(H2,24,25,34)/t16-,18+,19+,22?/m1/s1. The van der Waals surface area contributed by atoms with Gasteiger partial charge < -0.3 is 40.5 Å². The van der Waals surface area contributed by atoms with Gasteiger partial charge in [0.25, 0.3) is 0 Å². The highest BCUT2D eigenvalue weighted by molar-refractivity contribution is 7.80. The van der Waals surface area contributed by atoms with E-state index < -0.39 is 48.9 Å². The maximum atomic E-state index is 11.2. The van der Waals surface area contributed by atoms with E-state index in [9.17, 15) is 19.8 Å². The van der Waals surface area contributed by atoms with E-state index in [0.29, 0.717) is 23.1 Å². The minimum absolute atomic E-state index is 0.0157. The van der Waals surface area contributed by atoms with E-state index in [1.54, 1.807) is 24.3 Å². The lowest BCUT2D eigenvalue weighted by molar-refractivity contribution is -0.223. The molecule has 2 rings (SSSR count). The number of hydrogen-bond donors (Lipinski definition) is 6. The van der Waals surface area contributed by atoms with Gasteiger partial charge in [0.05, 0.1) is 24.7 Å². The third-order valence-electron chi connectivity index (χ3n) is 5.38. The first-order valence-electron chi connectivity index (χ1n) is 10.9. The predicted octanol–water partition coefficient (Wildman–Crippen LogP) is 1.42. The molecule has 6 N–H and O–H groups in total. The zero-order valence-electron chi connectivity index (χ0n) is 18.6. The Morgan fingerprint density at radius 1 is 1.24 bits per heavy atom. The van der Waals surface area contributed by atoms with Crippen molar-refractivity contribution in [3.8, 4) is 18.1 Å². The second-order valence-corrected chi connectivity index (χ2v) is 8.33. The van der Waals surface area contributed by atoms with Gasteiger partial charge >= 0.3 is 11.9 Å². The average Bonchev–Trinajstić information content (AvgIpc) is 2.78. The van der Waals surface area contributed by atoms with E-state index >= 15 is 0 Å². The average molecular weight is 495 g/mol. The van der Waals surface area contributed by atoms with Gasteiger partial charge in [-0.15, -0.1) is 12.3 Å². The number of benzene rings is 1. The molecule has 4 atom stereocenters. The van der Waals surface area contributed by atoms with Crippen molar-refractivity contribution in [2.24, 2.45) is 11.8 Å². The van der Waals surface area contributed by atoms with Crippen molar-refractivity contribution in [1.82, 2.24) is 5.32 Å². The molecule has 34 heavy (non-hydrogen) atoms. The van der Waals surface area contributed by atoms with E-state index in [4.69, 9.17) is 38.3 Å². The maximum Gasteiger partial charge on any atom is 0.317 e. The molecule has 11 heteroatoms. The van der Waals surface area contributed by atoms with Gasteiger partial charge in [-0.1, -0.05) is 0 Å². The Kier molecular flexibility index (Phi) is 11.0. The molecular weight excluding hydrogens is 464 g/mol. The molecule has 1 saturated heterocycles. The summed E-state index contributed by atoms with van der Waals surface area (Å²) in [7, 11) is 0. The first-order valence-corrected chi connectivity index (χ1v) is 11.3. The van der Waals surface area contributed by atoms with Crippen molar-refractivity contribution in [3.05, 3.63) is 24.3 Å². The maximum absolute atomic E-state index is 11.2. The number of carboxylic acid groups (broad SMARTS) is 2. The van der Waals surface area contributed by atoms with Crippen LogP contribution in [0.25, 0.3) is 0 Å². The van der Waals surface area contributed by atoms with Gasteiger partial charge in [0.1, 0.15) is 5.75 Å². The molecule has 1 aliphatic rings. The van der Waals surface area contributed by atoms with Gasteiger partial charge in [-0.2, -0.15) is 0 Å². The number of anilines is 1. The fraction of sp³-hybridized carbons (Fsp3) is 0.522. The molecule has 0 radical (unpaired) electrons. The number of ether oxygens (including phenoxy) is 2. The number of carboxylic acids is 2. The third kappa shape index (κ3) is 8.46. The fourth-order valence-corrected chi connectivity index (χ4v) is 3.72. The Morgan fingerprint density at radius 2 is 1.91 bits per heavy atom. The van der Waals surface area contributed by atoms with Crippen molar-refractivity contribution < 1.29 is 39.5 Å². The molecule has 0 bridgehead atoms. The van der Waals surface area contributed by atoms with Gasteiger partial charge in [0.15, 0.2) is 11.0 Å². The summed E-state index contributed by atoms with van der Waals surface area (Å²) in [6, 6.07) is 6.72. The molecule has 1 unspecified atom stereocenters. The van der Waals surface area contributed by atoms with Crippen LogP contribution in [0.5, 0.6) is 5.75 Å². The number of hydrogen-bond acceptors (Lipinski definition) is 7. The van der Waals surface area contributed by atoms with E-state index in [2.05, 4.69) is 16.6 Å². The molecular formula is C23H30N2O8S. The van der Waals surface area contributed by atoms with Crippen LogP contribution in [0, 0.1) is 24.2 Å². The van der Waals surface area contributed by atoms with Crippen LogP contribution < -0.4 is 15.4 Å². The van der Waals surface area contributed by atoms with Crippen molar-refractivity contribution in [1.29, 1.82) is 0 Å². The number of aliphatic hydroxyl groups is 2. The monoisotopic (exact) mass is 494 g/mol. The number of aliphatic carboxylic acids is 2. The summed E-state index contributed by atoms with van der Waals surface area (Å²) in [5.74, 6) is -2.48. The van der Waals surface area contributed by atoms with Crippen LogP contribution in [-0.2, 0) is 14.3 Å². The third-order valence-corrected chi connectivity index (χ3v) is 5.62. The number of unbranched alkanes of at least 4 members (excludes halogenated alkanes) is 2. The lowest BCUT2D eigenvalue weighted by Gasteiger charge is -2.39. The Balaban J connectivity index is 1.95. The molecule has 186 valence electrons. The first-order chi connectivity index (χ1) is 16.2. The minimum atomic E-state index is -1.68. The quantitative estimate of drug-likeness (QED) is 0.108. The molecule has 0 amide bonds. The molecule has 0 aliphatic carbocycles. The van der Waals surface area contributed by atoms with Crippen LogP contribution in [-0.4, -0.2) is 69.1 Å². The minimum Gasteiger partial charge on any atom is -0.481 e. The number of terminal acetylenes is 1. The number of thiocarbonyl (C=S) groups is 1. The summed E-state index contributed by atoms with van der Waals surface area (Å²) < 4.78 is 11.5. The normalized spacial score (nSPS) is 21.9. The van der Waals surface area contributed by atoms with Crippen LogP contribution in [0.3, 0.4) is 0 Å². The molecule has 1 fully saturated rings. The van der Waals surface area contributed by atoms with Crippen molar-refractivity contribution in [2.45, 2.75) is 50.6 Å². The highest BCUT2D eigenvalue weighted by Gasteiger charge is 2.41. The summed E-state index contributed by atoms with van der Waals surface area (Å²) in [6.45, 7) is 0.269. The Bertz CT molecular complexity index is 859. The largest absolute Gasteiger partial charge is 0.481 e. The molecule has 0 saturated carbocycles. The summed E-state index contributed by atoms with van der Waals surface area (Å²) in [5, 5.41) is 44.9. The Morgan fingerprint density at radius 3 is 2.50 bits per heavy atom. The summed E-state index contributed by atoms with van der Waals surface area (Å²) in [4.78, 5) is 22.4. The van der Waals surface area contributed by atoms with E-state index in [0.717, 1.165) is 19.3 Å².